The predicted molar refractivity (Wildman–Crippen MR) is 115 cm³/mol. The first-order valence-corrected chi connectivity index (χ1v) is 9.72. The van der Waals surface area contributed by atoms with Crippen LogP contribution in [-0.4, -0.2) is 39.8 Å². The van der Waals surface area contributed by atoms with Gasteiger partial charge in [0.25, 0.3) is 0 Å². The summed E-state index contributed by atoms with van der Waals surface area (Å²) in [6, 6.07) is 9.60. The first kappa shape index (κ1) is 21.9. The second-order valence-corrected chi connectivity index (χ2v) is 7.24. The fourth-order valence-electron chi connectivity index (χ4n) is 2.72. The van der Waals surface area contributed by atoms with Crippen molar-refractivity contribution in [2.45, 2.75) is 20.8 Å². The maximum absolute atomic E-state index is 14.2. The number of amides is 1. The Kier molecular flexibility index (Phi) is 6.96. The number of halogens is 1. The number of rotatable bonds is 8. The lowest BCUT2D eigenvalue weighted by Gasteiger charge is -2.12. The van der Waals surface area contributed by atoms with Crippen LogP contribution < -0.4 is 14.8 Å². The lowest BCUT2D eigenvalue weighted by Crippen LogP contribution is -2.10. The highest BCUT2D eigenvalue weighted by atomic mass is 19.1. The van der Waals surface area contributed by atoms with E-state index in [0.29, 0.717) is 35.5 Å². The summed E-state index contributed by atoms with van der Waals surface area (Å²) in [5.41, 5.74) is 1.30. The van der Waals surface area contributed by atoms with Crippen molar-refractivity contribution in [3.8, 4) is 17.2 Å². The number of hydrogen-bond acceptors (Lipinski definition) is 6. The minimum atomic E-state index is -0.565. The number of ether oxygens (including phenoxy) is 2. The summed E-state index contributed by atoms with van der Waals surface area (Å²) in [6.45, 7) is 6.41. The molecule has 0 saturated heterocycles. The number of anilines is 1. The third-order valence-corrected chi connectivity index (χ3v) is 4.26. The number of nitrogens with zero attached hydrogens (tertiary/aromatic N) is 4. The minimum Gasteiger partial charge on any atom is -0.493 e. The van der Waals surface area contributed by atoms with Gasteiger partial charge in [0, 0.05) is 6.08 Å². The molecule has 0 aliphatic heterocycles. The van der Waals surface area contributed by atoms with Crippen LogP contribution in [-0.2, 0) is 4.79 Å². The van der Waals surface area contributed by atoms with E-state index in [1.165, 1.54) is 29.0 Å². The smallest absolute Gasteiger partial charge is 0.248 e. The maximum Gasteiger partial charge on any atom is 0.248 e. The van der Waals surface area contributed by atoms with Crippen molar-refractivity contribution in [2.24, 2.45) is 5.92 Å². The average molecular weight is 425 g/mol. The number of tetrazole rings is 1. The largest absolute Gasteiger partial charge is 0.493 e. The third-order valence-electron chi connectivity index (χ3n) is 4.26. The molecular weight excluding hydrogens is 401 g/mol. The minimum absolute atomic E-state index is 0.0251. The summed E-state index contributed by atoms with van der Waals surface area (Å²) in [5, 5.41) is 13.7. The summed E-state index contributed by atoms with van der Waals surface area (Å²) >= 11 is 0. The Hall–Kier alpha value is -3.75. The van der Waals surface area contributed by atoms with E-state index in [9.17, 15) is 9.18 Å². The molecule has 1 aromatic heterocycles. The fraction of sp³-hybridized carbons (Fsp3) is 0.273. The Morgan fingerprint density at radius 1 is 1.23 bits per heavy atom. The summed E-state index contributed by atoms with van der Waals surface area (Å²) in [5.74, 6) is 1.08. The Morgan fingerprint density at radius 2 is 2.03 bits per heavy atom. The van der Waals surface area contributed by atoms with Crippen LogP contribution in [0.25, 0.3) is 11.8 Å². The zero-order valence-electron chi connectivity index (χ0n) is 17.8. The molecule has 0 unspecified atom stereocenters. The normalized spacial score (nSPS) is 11.2. The van der Waals surface area contributed by atoms with Gasteiger partial charge in [-0.2, -0.15) is 4.68 Å². The van der Waals surface area contributed by atoms with Crippen LogP contribution in [0.3, 0.4) is 0 Å². The molecule has 0 aliphatic rings. The van der Waals surface area contributed by atoms with Gasteiger partial charge in [-0.3, -0.25) is 4.79 Å². The average Bonchev–Trinajstić information content (AvgIpc) is 3.18. The van der Waals surface area contributed by atoms with Crippen molar-refractivity contribution in [2.75, 3.05) is 19.0 Å². The molecule has 0 saturated carbocycles. The molecule has 2 aromatic carbocycles. The van der Waals surface area contributed by atoms with E-state index in [4.69, 9.17) is 9.47 Å². The van der Waals surface area contributed by atoms with Gasteiger partial charge in [0.2, 0.25) is 5.91 Å². The molecule has 1 amide bonds. The number of benzene rings is 2. The SMILES string of the molecule is COc1cc(/C=C/C(=O)Nc2cc(-n3nnnc3C)ccc2F)ccc1OCC(C)C. The summed E-state index contributed by atoms with van der Waals surface area (Å²) in [7, 11) is 1.56. The van der Waals surface area contributed by atoms with Gasteiger partial charge in [0.15, 0.2) is 17.3 Å². The molecule has 1 heterocycles. The van der Waals surface area contributed by atoms with E-state index >= 15 is 0 Å². The Morgan fingerprint density at radius 3 is 2.71 bits per heavy atom. The fourth-order valence-corrected chi connectivity index (χ4v) is 2.72. The topological polar surface area (TPSA) is 91.2 Å². The highest BCUT2D eigenvalue weighted by Crippen LogP contribution is 2.29. The number of hydrogen-bond donors (Lipinski definition) is 1. The van der Waals surface area contributed by atoms with E-state index in [1.54, 1.807) is 32.2 Å². The van der Waals surface area contributed by atoms with Gasteiger partial charge < -0.3 is 14.8 Å². The van der Waals surface area contributed by atoms with Crippen LogP contribution in [0.15, 0.2) is 42.5 Å². The van der Waals surface area contributed by atoms with Gasteiger partial charge in [-0.1, -0.05) is 19.9 Å². The number of nitrogens with one attached hydrogen (secondary N) is 1. The first-order valence-electron chi connectivity index (χ1n) is 9.72. The third kappa shape index (κ3) is 5.65. The lowest BCUT2D eigenvalue weighted by atomic mass is 10.2. The van der Waals surface area contributed by atoms with E-state index in [-0.39, 0.29) is 5.69 Å². The number of aryl methyl sites for hydroxylation is 1. The number of aromatic nitrogens is 4. The van der Waals surface area contributed by atoms with Crippen LogP contribution in [0.2, 0.25) is 0 Å². The van der Waals surface area contributed by atoms with Crippen LogP contribution in [0, 0.1) is 18.7 Å². The second kappa shape index (κ2) is 9.84. The molecule has 9 heteroatoms. The van der Waals surface area contributed by atoms with Gasteiger partial charge in [-0.25, -0.2) is 4.39 Å². The van der Waals surface area contributed by atoms with Crippen LogP contribution in [0.4, 0.5) is 10.1 Å². The van der Waals surface area contributed by atoms with Gasteiger partial charge in [0.05, 0.1) is 25.1 Å². The molecule has 3 aromatic rings. The molecule has 1 N–H and O–H groups in total. The van der Waals surface area contributed by atoms with Crippen molar-refractivity contribution < 1.29 is 18.7 Å². The van der Waals surface area contributed by atoms with Crippen molar-refractivity contribution >= 4 is 17.7 Å². The molecule has 0 bridgehead atoms. The van der Waals surface area contributed by atoms with Gasteiger partial charge in [-0.15, -0.1) is 5.10 Å². The molecule has 162 valence electrons. The zero-order valence-corrected chi connectivity index (χ0v) is 17.8. The Balaban J connectivity index is 1.71. The van der Waals surface area contributed by atoms with Gasteiger partial charge in [0.1, 0.15) is 5.82 Å². The monoisotopic (exact) mass is 425 g/mol. The maximum atomic E-state index is 14.2. The van der Waals surface area contributed by atoms with Gasteiger partial charge in [-0.05, 0) is 65.2 Å². The molecule has 0 atom stereocenters. The zero-order chi connectivity index (χ0) is 22.4. The molecule has 0 aliphatic carbocycles. The summed E-state index contributed by atoms with van der Waals surface area (Å²) in [6.07, 6.45) is 2.93. The van der Waals surface area contributed by atoms with Crippen molar-refractivity contribution in [3.63, 3.8) is 0 Å². The standard InChI is InChI=1S/C22H24FN5O3/c1-14(2)13-31-20-9-5-16(11-21(20)30-4)6-10-22(29)24-19-12-17(7-8-18(19)23)28-15(3)25-26-27-28/h5-12,14H,13H2,1-4H3,(H,24,29)/b10-6+. The quantitative estimate of drug-likeness (QED) is 0.552. The highest BCUT2D eigenvalue weighted by molar-refractivity contribution is 6.02. The Labute approximate surface area is 179 Å². The second-order valence-electron chi connectivity index (χ2n) is 7.24. The summed E-state index contributed by atoms with van der Waals surface area (Å²) < 4.78 is 26.7. The molecule has 8 nitrogen and oxygen atoms in total. The van der Waals surface area contributed by atoms with Crippen molar-refractivity contribution in [3.05, 3.63) is 59.7 Å². The number of methoxy groups -OCH3 is 1. The predicted octanol–water partition coefficient (Wildman–Crippen LogP) is 3.81. The van der Waals surface area contributed by atoms with E-state index in [0.717, 1.165) is 5.56 Å². The van der Waals surface area contributed by atoms with E-state index in [1.807, 2.05) is 6.07 Å². The van der Waals surface area contributed by atoms with Crippen LogP contribution >= 0.6 is 0 Å². The molecule has 0 fully saturated rings. The lowest BCUT2D eigenvalue weighted by molar-refractivity contribution is -0.111. The Bertz CT molecular complexity index is 1090. The molecule has 0 radical (unpaired) electrons. The van der Waals surface area contributed by atoms with E-state index < -0.39 is 11.7 Å². The summed E-state index contributed by atoms with van der Waals surface area (Å²) in [4.78, 5) is 12.3. The van der Waals surface area contributed by atoms with Gasteiger partial charge >= 0.3 is 0 Å². The molecule has 31 heavy (non-hydrogen) atoms. The van der Waals surface area contributed by atoms with Crippen molar-refractivity contribution in [1.29, 1.82) is 0 Å². The molecule has 0 spiro atoms. The highest BCUT2D eigenvalue weighted by Gasteiger charge is 2.10. The number of carbonyl (C=O) groups excluding carboxylic acids is 1. The van der Waals surface area contributed by atoms with Crippen LogP contribution in [0.5, 0.6) is 11.5 Å². The van der Waals surface area contributed by atoms with Crippen molar-refractivity contribution in [1.82, 2.24) is 20.2 Å². The number of carbonyl (C=O) groups is 1. The molecule has 3 rings (SSSR count). The first-order chi connectivity index (χ1) is 14.9. The molecular formula is C22H24FN5O3. The van der Waals surface area contributed by atoms with Crippen LogP contribution in [0.1, 0.15) is 25.2 Å². The van der Waals surface area contributed by atoms with E-state index in [2.05, 4.69) is 34.7 Å².